The van der Waals surface area contributed by atoms with E-state index in [0.29, 0.717) is 49.1 Å². The standard InChI is InChI=1S/C19H25F3N6O2S2/c1-25-17(14-5-10-32(29,30)12-14)24-28(18(25)31)13-26-6-2-7-27(9-8-26)16-4-3-15(11-23-16)19(20,21)22/h3-4,11,14H,2,5-10,12-13H2,1H3. The summed E-state index contributed by atoms with van der Waals surface area (Å²) in [5.41, 5.74) is -0.756. The minimum atomic E-state index is -4.40. The molecule has 2 aromatic heterocycles. The van der Waals surface area contributed by atoms with E-state index in [2.05, 4.69) is 15.0 Å². The summed E-state index contributed by atoms with van der Waals surface area (Å²) >= 11 is 5.53. The van der Waals surface area contributed by atoms with Crippen LogP contribution in [0.4, 0.5) is 19.0 Å². The van der Waals surface area contributed by atoms with Crippen LogP contribution in [0.5, 0.6) is 0 Å². The van der Waals surface area contributed by atoms with Crippen molar-refractivity contribution in [2.75, 3.05) is 42.6 Å². The highest BCUT2D eigenvalue weighted by atomic mass is 32.2. The SMILES string of the molecule is Cn1c(C2CCS(=O)(=O)C2)nn(CN2CCCN(c3ccc(C(F)(F)F)cn3)CC2)c1=S. The number of sulfone groups is 1. The fraction of sp³-hybridized carbons (Fsp3) is 0.632. The highest BCUT2D eigenvalue weighted by molar-refractivity contribution is 7.91. The van der Waals surface area contributed by atoms with Crippen LogP contribution in [0.3, 0.4) is 0 Å². The van der Waals surface area contributed by atoms with Gasteiger partial charge < -0.3 is 9.47 Å². The Kier molecular flexibility index (Phi) is 6.34. The molecule has 13 heteroatoms. The first-order valence-electron chi connectivity index (χ1n) is 10.4. The summed E-state index contributed by atoms with van der Waals surface area (Å²) in [6, 6.07) is 2.47. The van der Waals surface area contributed by atoms with Gasteiger partial charge in [0.05, 0.1) is 23.7 Å². The Bertz CT molecular complexity index is 1130. The Morgan fingerprint density at radius 3 is 2.59 bits per heavy atom. The van der Waals surface area contributed by atoms with Gasteiger partial charge in [-0.2, -0.15) is 18.3 Å². The van der Waals surface area contributed by atoms with Gasteiger partial charge in [0.1, 0.15) is 11.6 Å². The van der Waals surface area contributed by atoms with Crippen molar-refractivity contribution in [3.8, 4) is 0 Å². The Hall–Kier alpha value is -1.99. The van der Waals surface area contributed by atoms with Crippen molar-refractivity contribution in [3.63, 3.8) is 0 Å². The van der Waals surface area contributed by atoms with E-state index in [1.807, 2.05) is 11.9 Å². The Morgan fingerprint density at radius 2 is 1.97 bits per heavy atom. The van der Waals surface area contributed by atoms with Crippen molar-refractivity contribution in [3.05, 3.63) is 34.5 Å². The molecular weight excluding hydrogens is 465 g/mol. The van der Waals surface area contributed by atoms with Crippen molar-refractivity contribution >= 4 is 27.9 Å². The molecule has 8 nitrogen and oxygen atoms in total. The molecule has 32 heavy (non-hydrogen) atoms. The molecule has 2 fully saturated rings. The monoisotopic (exact) mass is 490 g/mol. The Labute approximate surface area is 189 Å². The molecule has 0 radical (unpaired) electrons. The third kappa shape index (κ3) is 4.99. The maximum Gasteiger partial charge on any atom is 0.417 e. The van der Waals surface area contributed by atoms with Crippen molar-refractivity contribution in [1.82, 2.24) is 24.2 Å². The highest BCUT2D eigenvalue weighted by Gasteiger charge is 2.33. The summed E-state index contributed by atoms with van der Waals surface area (Å²) in [6.45, 7) is 3.23. The van der Waals surface area contributed by atoms with Gasteiger partial charge in [-0.15, -0.1) is 0 Å². The number of rotatable bonds is 4. The molecular formula is C19H25F3N6O2S2. The average Bonchev–Trinajstić information content (AvgIpc) is 3.11. The van der Waals surface area contributed by atoms with E-state index in [0.717, 1.165) is 25.2 Å². The van der Waals surface area contributed by atoms with E-state index in [1.165, 1.54) is 6.07 Å². The first-order chi connectivity index (χ1) is 15.0. The van der Waals surface area contributed by atoms with Crippen molar-refractivity contribution in [2.24, 2.45) is 7.05 Å². The molecule has 4 heterocycles. The third-order valence-electron chi connectivity index (χ3n) is 5.99. The second-order valence-corrected chi connectivity index (χ2v) is 10.9. The summed E-state index contributed by atoms with van der Waals surface area (Å²) in [5, 5.41) is 4.63. The lowest BCUT2D eigenvalue weighted by Crippen LogP contribution is -2.32. The van der Waals surface area contributed by atoms with Crippen LogP contribution in [0.1, 0.15) is 30.1 Å². The van der Waals surface area contributed by atoms with Crippen molar-refractivity contribution in [1.29, 1.82) is 0 Å². The number of halogens is 3. The first kappa shape index (κ1) is 23.2. The molecule has 0 aliphatic carbocycles. The predicted octanol–water partition coefficient (Wildman–Crippen LogP) is 2.44. The molecule has 2 aliphatic rings. The van der Waals surface area contributed by atoms with E-state index < -0.39 is 21.6 Å². The van der Waals surface area contributed by atoms with Crippen molar-refractivity contribution in [2.45, 2.75) is 31.6 Å². The highest BCUT2D eigenvalue weighted by Crippen LogP contribution is 2.30. The smallest absolute Gasteiger partial charge is 0.355 e. The molecule has 176 valence electrons. The first-order valence-corrected chi connectivity index (χ1v) is 12.6. The molecule has 0 amide bonds. The number of anilines is 1. The Morgan fingerprint density at radius 1 is 1.19 bits per heavy atom. The fourth-order valence-corrected chi connectivity index (χ4v) is 6.15. The topological polar surface area (TPSA) is 76.3 Å². The van der Waals surface area contributed by atoms with E-state index in [9.17, 15) is 21.6 Å². The summed E-state index contributed by atoms with van der Waals surface area (Å²) in [7, 11) is -1.21. The molecule has 2 aliphatic heterocycles. The minimum Gasteiger partial charge on any atom is -0.355 e. The van der Waals surface area contributed by atoms with Gasteiger partial charge in [-0.3, -0.25) is 4.90 Å². The summed E-state index contributed by atoms with van der Waals surface area (Å²) in [4.78, 5) is 8.17. The van der Waals surface area contributed by atoms with Gasteiger partial charge in [-0.1, -0.05) is 0 Å². The lowest BCUT2D eigenvalue weighted by atomic mass is 10.1. The average molecular weight is 491 g/mol. The zero-order chi connectivity index (χ0) is 23.1. The molecule has 2 saturated heterocycles. The second kappa shape index (κ2) is 8.75. The van der Waals surface area contributed by atoms with Crippen molar-refractivity contribution < 1.29 is 21.6 Å². The van der Waals surface area contributed by atoms with Crippen LogP contribution in [-0.4, -0.2) is 70.3 Å². The molecule has 0 N–H and O–H groups in total. The normalized spacial score (nSPS) is 22.2. The Balaban J connectivity index is 1.41. The summed E-state index contributed by atoms with van der Waals surface area (Å²) in [5.74, 6) is 1.36. The predicted molar refractivity (Wildman–Crippen MR) is 116 cm³/mol. The summed E-state index contributed by atoms with van der Waals surface area (Å²) in [6.07, 6.45) is -2.15. The molecule has 4 rings (SSSR count). The van der Waals surface area contributed by atoms with Gasteiger partial charge in [-0.25, -0.2) is 18.1 Å². The minimum absolute atomic E-state index is 0.103. The maximum atomic E-state index is 12.8. The van der Waals surface area contributed by atoms with E-state index >= 15 is 0 Å². The van der Waals surface area contributed by atoms with Crippen LogP contribution >= 0.6 is 12.2 Å². The van der Waals surface area contributed by atoms with Gasteiger partial charge >= 0.3 is 6.18 Å². The number of hydrogen-bond donors (Lipinski definition) is 0. The number of alkyl halides is 3. The molecule has 2 aromatic rings. The maximum absolute atomic E-state index is 12.8. The van der Waals surface area contributed by atoms with Crippen LogP contribution in [0.25, 0.3) is 0 Å². The molecule has 0 saturated carbocycles. The summed E-state index contributed by atoms with van der Waals surface area (Å²) < 4.78 is 66.1. The number of aromatic nitrogens is 4. The zero-order valence-electron chi connectivity index (χ0n) is 17.6. The van der Waals surface area contributed by atoms with Gasteiger partial charge in [0, 0.05) is 45.3 Å². The van der Waals surface area contributed by atoms with Crippen LogP contribution in [0.15, 0.2) is 18.3 Å². The van der Waals surface area contributed by atoms with Crippen LogP contribution < -0.4 is 4.90 Å². The second-order valence-electron chi connectivity index (χ2n) is 8.30. The largest absolute Gasteiger partial charge is 0.417 e. The van der Waals surface area contributed by atoms with Gasteiger partial charge in [0.2, 0.25) is 0 Å². The molecule has 1 unspecified atom stereocenters. The number of nitrogens with zero attached hydrogens (tertiary/aromatic N) is 6. The molecule has 1 atom stereocenters. The van der Waals surface area contributed by atoms with Gasteiger partial charge in [0.25, 0.3) is 0 Å². The molecule has 0 bridgehead atoms. The van der Waals surface area contributed by atoms with Gasteiger partial charge in [-0.05, 0) is 37.2 Å². The molecule has 0 spiro atoms. The van der Waals surface area contributed by atoms with Crippen LogP contribution in [0, 0.1) is 4.77 Å². The van der Waals surface area contributed by atoms with Crippen LogP contribution in [0.2, 0.25) is 0 Å². The van der Waals surface area contributed by atoms with E-state index in [4.69, 9.17) is 12.2 Å². The van der Waals surface area contributed by atoms with E-state index in [-0.39, 0.29) is 17.4 Å². The number of hydrogen-bond acceptors (Lipinski definition) is 7. The lowest BCUT2D eigenvalue weighted by Gasteiger charge is -2.23. The fourth-order valence-electron chi connectivity index (χ4n) is 4.22. The number of pyridine rings is 1. The quantitative estimate of drug-likeness (QED) is 0.610. The van der Waals surface area contributed by atoms with Gasteiger partial charge in [0.15, 0.2) is 14.6 Å². The van der Waals surface area contributed by atoms with Crippen LogP contribution in [-0.2, 0) is 29.7 Å². The third-order valence-corrected chi connectivity index (χ3v) is 8.25. The lowest BCUT2D eigenvalue weighted by molar-refractivity contribution is -0.137. The van der Waals surface area contributed by atoms with E-state index in [1.54, 1.807) is 9.25 Å². The molecule has 0 aromatic carbocycles. The zero-order valence-corrected chi connectivity index (χ0v) is 19.3.